The average molecular weight is 311 g/mol. The fraction of sp³-hybridized carbons (Fsp3) is 0.353. The Hall–Kier alpha value is -2.47. The van der Waals surface area contributed by atoms with Gasteiger partial charge in [0.2, 0.25) is 5.91 Å². The van der Waals surface area contributed by atoms with Crippen LogP contribution in [0.5, 0.6) is 0 Å². The molecule has 1 aromatic heterocycles. The van der Waals surface area contributed by atoms with E-state index in [1.807, 2.05) is 31.1 Å². The highest BCUT2D eigenvalue weighted by atomic mass is 16.2. The lowest BCUT2D eigenvalue weighted by Gasteiger charge is -2.14. The number of nitrogens with zero attached hydrogens (tertiary/aromatic N) is 5. The summed E-state index contributed by atoms with van der Waals surface area (Å²) in [6.45, 7) is 3.79. The van der Waals surface area contributed by atoms with Crippen molar-refractivity contribution in [3.63, 3.8) is 0 Å². The molecular weight excluding hydrogens is 290 g/mol. The number of hydrogen-bond acceptors (Lipinski definition) is 4. The van der Waals surface area contributed by atoms with E-state index in [-0.39, 0.29) is 5.91 Å². The molecule has 23 heavy (non-hydrogen) atoms. The molecule has 1 aromatic carbocycles. The quantitative estimate of drug-likeness (QED) is 0.861. The van der Waals surface area contributed by atoms with E-state index in [2.05, 4.69) is 27.1 Å². The molecule has 1 aliphatic rings. The number of rotatable bonds is 4. The van der Waals surface area contributed by atoms with Gasteiger partial charge in [0.05, 0.1) is 18.8 Å². The van der Waals surface area contributed by atoms with Gasteiger partial charge in [-0.05, 0) is 37.4 Å². The molecule has 0 saturated heterocycles. The van der Waals surface area contributed by atoms with Crippen molar-refractivity contribution in [1.82, 2.24) is 19.7 Å². The van der Waals surface area contributed by atoms with E-state index < -0.39 is 0 Å². The van der Waals surface area contributed by atoms with Gasteiger partial charge in [-0.1, -0.05) is 12.1 Å². The van der Waals surface area contributed by atoms with Crippen LogP contribution in [0.1, 0.15) is 18.1 Å². The molecule has 6 nitrogen and oxygen atoms in total. The monoisotopic (exact) mass is 311 g/mol. The lowest BCUT2D eigenvalue weighted by Crippen LogP contribution is -2.25. The lowest BCUT2D eigenvalue weighted by atomic mass is 10.0. The largest absolute Gasteiger partial charge is 0.308 e. The van der Waals surface area contributed by atoms with E-state index in [1.54, 1.807) is 17.9 Å². The van der Waals surface area contributed by atoms with Gasteiger partial charge in [0, 0.05) is 19.0 Å². The molecule has 1 amide bonds. The highest BCUT2D eigenvalue weighted by Gasteiger charge is 2.26. The first kappa shape index (κ1) is 15.4. The lowest BCUT2D eigenvalue weighted by molar-refractivity contribution is -0.116. The van der Waals surface area contributed by atoms with Crippen LogP contribution >= 0.6 is 0 Å². The van der Waals surface area contributed by atoms with Gasteiger partial charge < -0.3 is 9.80 Å². The van der Waals surface area contributed by atoms with E-state index in [9.17, 15) is 4.79 Å². The van der Waals surface area contributed by atoms with E-state index in [4.69, 9.17) is 0 Å². The standard InChI is InChI=1S/C17H21N5O/c1-13(23)22-10-15(6-7-20(2)3)16-8-14(4-5-17(16)22)9-21-12-18-11-19-21/h4-6,8,11-12H,7,9-10H2,1-3H3/b15-6+. The van der Waals surface area contributed by atoms with Crippen LogP contribution in [0.25, 0.3) is 5.57 Å². The van der Waals surface area contributed by atoms with Crippen LogP contribution in [-0.2, 0) is 11.3 Å². The van der Waals surface area contributed by atoms with Crippen LogP contribution in [0.2, 0.25) is 0 Å². The average Bonchev–Trinajstić information content (AvgIpc) is 3.12. The van der Waals surface area contributed by atoms with Gasteiger partial charge in [0.15, 0.2) is 0 Å². The van der Waals surface area contributed by atoms with Crippen molar-refractivity contribution < 1.29 is 4.79 Å². The number of carbonyl (C=O) groups is 1. The predicted octanol–water partition coefficient (Wildman–Crippen LogP) is 1.64. The van der Waals surface area contributed by atoms with Gasteiger partial charge in [-0.2, -0.15) is 5.10 Å². The van der Waals surface area contributed by atoms with E-state index >= 15 is 0 Å². The number of fused-ring (bicyclic) bond motifs is 1. The van der Waals surface area contributed by atoms with Crippen molar-refractivity contribution in [2.75, 3.05) is 32.1 Å². The zero-order valence-electron chi connectivity index (χ0n) is 13.7. The second kappa shape index (κ2) is 6.34. The third-order valence-corrected chi connectivity index (χ3v) is 3.92. The Labute approximate surface area is 136 Å². The van der Waals surface area contributed by atoms with Gasteiger partial charge in [0.1, 0.15) is 12.7 Å². The third kappa shape index (κ3) is 3.32. The maximum atomic E-state index is 11.9. The third-order valence-electron chi connectivity index (χ3n) is 3.92. The Morgan fingerprint density at radius 2 is 2.22 bits per heavy atom. The fourth-order valence-electron chi connectivity index (χ4n) is 2.76. The molecule has 3 rings (SSSR count). The van der Waals surface area contributed by atoms with Crippen LogP contribution in [0.4, 0.5) is 5.69 Å². The summed E-state index contributed by atoms with van der Waals surface area (Å²) < 4.78 is 1.79. The minimum absolute atomic E-state index is 0.0727. The molecule has 0 atom stereocenters. The number of hydrogen-bond donors (Lipinski definition) is 0. The van der Waals surface area contributed by atoms with Crippen molar-refractivity contribution in [2.24, 2.45) is 0 Å². The minimum atomic E-state index is 0.0727. The first-order valence-corrected chi connectivity index (χ1v) is 7.62. The molecule has 0 spiro atoms. The number of likely N-dealkylation sites (N-methyl/N-ethyl adjacent to an activating group) is 1. The van der Waals surface area contributed by atoms with E-state index in [0.717, 1.165) is 23.4 Å². The highest BCUT2D eigenvalue weighted by Crippen LogP contribution is 2.36. The molecule has 0 unspecified atom stereocenters. The maximum absolute atomic E-state index is 11.9. The second-order valence-electron chi connectivity index (χ2n) is 6.04. The summed E-state index contributed by atoms with van der Waals surface area (Å²) in [4.78, 5) is 19.8. The molecule has 2 heterocycles. The zero-order valence-corrected chi connectivity index (χ0v) is 13.7. The Bertz CT molecular complexity index is 733. The first-order chi connectivity index (χ1) is 11.0. The second-order valence-corrected chi connectivity index (χ2v) is 6.04. The summed E-state index contributed by atoms with van der Waals surface area (Å²) in [6, 6.07) is 6.23. The summed E-state index contributed by atoms with van der Waals surface area (Å²) in [7, 11) is 4.08. The van der Waals surface area contributed by atoms with Crippen molar-refractivity contribution in [3.05, 3.63) is 48.1 Å². The number of amides is 1. The van der Waals surface area contributed by atoms with Gasteiger partial charge in [-0.15, -0.1) is 0 Å². The smallest absolute Gasteiger partial charge is 0.224 e. The highest BCUT2D eigenvalue weighted by molar-refractivity contribution is 6.02. The van der Waals surface area contributed by atoms with Gasteiger partial charge in [-0.3, -0.25) is 4.79 Å². The van der Waals surface area contributed by atoms with Crippen LogP contribution in [0.3, 0.4) is 0 Å². The summed E-state index contributed by atoms with van der Waals surface area (Å²) in [6.07, 6.45) is 5.44. The molecular formula is C17H21N5O. The number of anilines is 1. The summed E-state index contributed by atoms with van der Waals surface area (Å²) in [5.41, 5.74) is 4.48. The topological polar surface area (TPSA) is 54.3 Å². The molecule has 2 aromatic rings. The number of benzene rings is 1. The minimum Gasteiger partial charge on any atom is -0.308 e. The van der Waals surface area contributed by atoms with Crippen molar-refractivity contribution in [3.8, 4) is 0 Å². The Morgan fingerprint density at radius 3 is 2.87 bits per heavy atom. The Morgan fingerprint density at radius 1 is 1.39 bits per heavy atom. The first-order valence-electron chi connectivity index (χ1n) is 7.62. The van der Waals surface area contributed by atoms with Crippen LogP contribution in [0, 0.1) is 0 Å². The molecule has 6 heteroatoms. The Kier molecular flexibility index (Phi) is 4.25. The molecule has 0 aliphatic carbocycles. The predicted molar refractivity (Wildman–Crippen MR) is 90.1 cm³/mol. The van der Waals surface area contributed by atoms with Crippen molar-refractivity contribution in [2.45, 2.75) is 13.5 Å². The van der Waals surface area contributed by atoms with Gasteiger partial charge in [0.25, 0.3) is 0 Å². The molecule has 0 saturated carbocycles. The van der Waals surface area contributed by atoms with Gasteiger partial charge in [-0.25, -0.2) is 9.67 Å². The molecule has 120 valence electrons. The SMILES string of the molecule is CC(=O)N1C/C(=C\CN(C)C)c2cc(Cn3cncn3)ccc21. The van der Waals surface area contributed by atoms with E-state index in [0.29, 0.717) is 13.1 Å². The maximum Gasteiger partial charge on any atom is 0.224 e. The number of aromatic nitrogens is 3. The van der Waals surface area contributed by atoms with E-state index in [1.165, 1.54) is 11.9 Å². The summed E-state index contributed by atoms with van der Waals surface area (Å²) >= 11 is 0. The van der Waals surface area contributed by atoms with Crippen LogP contribution in [-0.4, -0.2) is 52.8 Å². The normalized spacial score (nSPS) is 15.5. The molecule has 0 N–H and O–H groups in total. The van der Waals surface area contributed by atoms with Crippen molar-refractivity contribution >= 4 is 17.2 Å². The van der Waals surface area contributed by atoms with Gasteiger partial charge >= 0.3 is 0 Å². The summed E-state index contributed by atoms with van der Waals surface area (Å²) in [5.74, 6) is 0.0727. The van der Waals surface area contributed by atoms with Crippen LogP contribution < -0.4 is 4.90 Å². The zero-order chi connectivity index (χ0) is 16.4. The molecule has 0 bridgehead atoms. The van der Waals surface area contributed by atoms with Crippen LogP contribution in [0.15, 0.2) is 36.9 Å². The summed E-state index contributed by atoms with van der Waals surface area (Å²) in [5, 5.41) is 4.15. The molecule has 0 radical (unpaired) electrons. The molecule has 0 fully saturated rings. The Balaban J connectivity index is 1.94. The fourth-order valence-corrected chi connectivity index (χ4v) is 2.76. The van der Waals surface area contributed by atoms with Crippen molar-refractivity contribution in [1.29, 1.82) is 0 Å². The number of carbonyl (C=O) groups excluding carboxylic acids is 1. The molecule has 1 aliphatic heterocycles.